The van der Waals surface area contributed by atoms with E-state index in [2.05, 4.69) is 21.2 Å². The maximum atomic E-state index is 12.0. The molecule has 0 spiro atoms. The quantitative estimate of drug-likeness (QED) is 0.641. The second-order valence-electron chi connectivity index (χ2n) is 3.96. The number of methoxy groups -OCH3 is 1. The number of nitro groups is 1. The van der Waals surface area contributed by atoms with E-state index >= 15 is 0 Å². The first-order valence-electron chi connectivity index (χ1n) is 5.73. The summed E-state index contributed by atoms with van der Waals surface area (Å²) >= 11 is 3.08. The lowest BCUT2D eigenvalue weighted by Crippen LogP contribution is -2.37. The van der Waals surface area contributed by atoms with Crippen LogP contribution >= 0.6 is 15.9 Å². The first-order chi connectivity index (χ1) is 8.99. The molecule has 7 heteroatoms. The van der Waals surface area contributed by atoms with Gasteiger partial charge in [0, 0.05) is 18.7 Å². The maximum Gasteiger partial charge on any atom is 0.284 e. The molecule has 0 heterocycles. The average Bonchev–Trinajstić information content (AvgIpc) is 2.38. The Hall–Kier alpha value is -1.47. The molecule has 0 bridgehead atoms. The van der Waals surface area contributed by atoms with Gasteiger partial charge in [-0.25, -0.2) is 0 Å². The summed E-state index contributed by atoms with van der Waals surface area (Å²) in [5, 5.41) is 13.6. The Kier molecular flexibility index (Phi) is 5.91. The highest BCUT2D eigenvalue weighted by Crippen LogP contribution is 2.25. The van der Waals surface area contributed by atoms with Gasteiger partial charge in [-0.1, -0.05) is 6.92 Å². The van der Waals surface area contributed by atoms with E-state index in [1.807, 2.05) is 6.92 Å². The van der Waals surface area contributed by atoms with Gasteiger partial charge in [-0.2, -0.15) is 0 Å². The Balaban J connectivity index is 2.88. The van der Waals surface area contributed by atoms with E-state index in [1.165, 1.54) is 18.2 Å². The smallest absolute Gasteiger partial charge is 0.284 e. The van der Waals surface area contributed by atoms with Crippen LogP contribution in [0.3, 0.4) is 0 Å². The molecule has 1 atom stereocenters. The van der Waals surface area contributed by atoms with Gasteiger partial charge < -0.3 is 10.1 Å². The van der Waals surface area contributed by atoms with Crippen LogP contribution in [0.25, 0.3) is 0 Å². The van der Waals surface area contributed by atoms with Crippen LogP contribution in [0.5, 0.6) is 0 Å². The number of carbonyl (C=O) groups is 1. The molecule has 0 aliphatic carbocycles. The van der Waals surface area contributed by atoms with E-state index in [9.17, 15) is 14.9 Å². The zero-order valence-electron chi connectivity index (χ0n) is 10.7. The summed E-state index contributed by atoms with van der Waals surface area (Å²) in [5.41, 5.74) is 0.122. The highest BCUT2D eigenvalue weighted by Gasteiger charge is 2.17. The number of rotatable bonds is 6. The third-order valence-electron chi connectivity index (χ3n) is 2.60. The molecule has 6 nitrogen and oxygen atoms in total. The third kappa shape index (κ3) is 4.29. The first kappa shape index (κ1) is 15.6. The lowest BCUT2D eigenvalue weighted by molar-refractivity contribution is -0.385. The molecule has 1 aromatic carbocycles. The minimum absolute atomic E-state index is 0.111. The summed E-state index contributed by atoms with van der Waals surface area (Å²) < 4.78 is 5.33. The summed E-state index contributed by atoms with van der Waals surface area (Å²) in [6.07, 6.45) is 0.720. The van der Waals surface area contributed by atoms with Crippen molar-refractivity contribution in [2.45, 2.75) is 19.4 Å². The van der Waals surface area contributed by atoms with Crippen molar-refractivity contribution in [1.29, 1.82) is 0 Å². The number of ether oxygens (including phenoxy) is 1. The Morgan fingerprint density at radius 3 is 2.79 bits per heavy atom. The Labute approximate surface area is 119 Å². The van der Waals surface area contributed by atoms with Crippen LogP contribution in [0.2, 0.25) is 0 Å². The predicted molar refractivity (Wildman–Crippen MR) is 74.2 cm³/mol. The molecule has 1 amide bonds. The summed E-state index contributed by atoms with van der Waals surface area (Å²) in [7, 11) is 1.55. The summed E-state index contributed by atoms with van der Waals surface area (Å²) in [6.45, 7) is 2.33. The van der Waals surface area contributed by atoms with Crippen LogP contribution < -0.4 is 5.32 Å². The van der Waals surface area contributed by atoms with Crippen molar-refractivity contribution in [3.05, 3.63) is 38.3 Å². The van der Waals surface area contributed by atoms with Gasteiger partial charge in [-0.05, 0) is 34.5 Å². The molecule has 1 aromatic rings. The number of hydrogen-bond acceptors (Lipinski definition) is 4. The second kappa shape index (κ2) is 7.20. The molecule has 1 rings (SSSR count). The predicted octanol–water partition coefficient (Wildman–Crippen LogP) is 2.51. The van der Waals surface area contributed by atoms with E-state index < -0.39 is 4.92 Å². The van der Waals surface area contributed by atoms with Gasteiger partial charge in [0.1, 0.15) is 0 Å². The van der Waals surface area contributed by atoms with Crippen molar-refractivity contribution >= 4 is 27.5 Å². The molecule has 0 aliphatic heterocycles. The second-order valence-corrected chi connectivity index (χ2v) is 4.81. The third-order valence-corrected chi connectivity index (χ3v) is 3.27. The van der Waals surface area contributed by atoms with Gasteiger partial charge in [0.2, 0.25) is 0 Å². The molecule has 0 saturated heterocycles. The molecular formula is C12H15BrN2O4. The fourth-order valence-electron chi connectivity index (χ4n) is 1.53. The lowest BCUT2D eigenvalue weighted by Gasteiger charge is -2.15. The molecule has 1 N–H and O–H groups in total. The topological polar surface area (TPSA) is 81.5 Å². The van der Waals surface area contributed by atoms with Crippen LogP contribution in [0.1, 0.15) is 23.7 Å². The van der Waals surface area contributed by atoms with Gasteiger partial charge in [-0.3, -0.25) is 14.9 Å². The molecule has 0 fully saturated rings. The highest BCUT2D eigenvalue weighted by atomic mass is 79.9. The molecule has 19 heavy (non-hydrogen) atoms. The summed E-state index contributed by atoms with van der Waals surface area (Å²) in [5.74, 6) is -0.348. The Bertz CT molecular complexity index is 479. The molecule has 0 saturated carbocycles. The maximum absolute atomic E-state index is 12.0. The molecule has 104 valence electrons. The molecule has 0 aliphatic rings. The highest BCUT2D eigenvalue weighted by molar-refractivity contribution is 9.10. The van der Waals surface area contributed by atoms with Crippen molar-refractivity contribution in [3.8, 4) is 0 Å². The number of amides is 1. The number of carbonyl (C=O) groups excluding carboxylic acids is 1. The van der Waals surface area contributed by atoms with Crippen molar-refractivity contribution in [2.75, 3.05) is 13.7 Å². The largest absolute Gasteiger partial charge is 0.383 e. The van der Waals surface area contributed by atoms with Gasteiger partial charge >= 0.3 is 0 Å². The SMILES string of the molecule is CCC(COC)NC(=O)c1ccc(Br)c([N+](=O)[O-])c1. The summed E-state index contributed by atoms with van der Waals surface area (Å²) in [6, 6.07) is 4.16. The van der Waals surface area contributed by atoms with Crippen molar-refractivity contribution in [2.24, 2.45) is 0 Å². The first-order valence-corrected chi connectivity index (χ1v) is 6.52. The average molecular weight is 331 g/mol. The van der Waals surface area contributed by atoms with Gasteiger partial charge in [0.05, 0.1) is 22.0 Å². The standard InChI is InChI=1S/C12H15BrN2O4/c1-3-9(7-19-2)14-12(16)8-4-5-10(13)11(6-8)15(17)18/h4-6,9H,3,7H2,1-2H3,(H,14,16). The van der Waals surface area contributed by atoms with Crippen LogP contribution in [-0.2, 0) is 4.74 Å². The molecule has 0 radical (unpaired) electrons. The van der Waals surface area contributed by atoms with Crippen LogP contribution in [-0.4, -0.2) is 30.6 Å². The van der Waals surface area contributed by atoms with Crippen molar-refractivity contribution in [3.63, 3.8) is 0 Å². The number of benzene rings is 1. The molecule has 0 aromatic heterocycles. The lowest BCUT2D eigenvalue weighted by atomic mass is 10.1. The van der Waals surface area contributed by atoms with Crippen LogP contribution in [0, 0.1) is 10.1 Å². The van der Waals surface area contributed by atoms with E-state index in [1.54, 1.807) is 7.11 Å². The zero-order valence-corrected chi connectivity index (χ0v) is 12.3. The number of nitrogens with one attached hydrogen (secondary N) is 1. The van der Waals surface area contributed by atoms with Crippen LogP contribution in [0.15, 0.2) is 22.7 Å². The normalized spacial score (nSPS) is 11.9. The summed E-state index contributed by atoms with van der Waals surface area (Å²) in [4.78, 5) is 22.2. The van der Waals surface area contributed by atoms with E-state index in [4.69, 9.17) is 4.74 Å². The van der Waals surface area contributed by atoms with Gasteiger partial charge in [-0.15, -0.1) is 0 Å². The molecule has 1 unspecified atom stereocenters. The number of halogens is 1. The zero-order chi connectivity index (χ0) is 14.4. The van der Waals surface area contributed by atoms with Gasteiger partial charge in [0.15, 0.2) is 0 Å². The number of hydrogen-bond donors (Lipinski definition) is 1. The fourth-order valence-corrected chi connectivity index (χ4v) is 1.92. The van der Waals surface area contributed by atoms with E-state index in [-0.39, 0.29) is 23.2 Å². The van der Waals surface area contributed by atoms with Gasteiger partial charge in [0.25, 0.3) is 11.6 Å². The number of nitrogens with zero attached hydrogens (tertiary/aromatic N) is 1. The number of nitro benzene ring substituents is 1. The van der Waals surface area contributed by atoms with E-state index in [0.29, 0.717) is 11.1 Å². The minimum Gasteiger partial charge on any atom is -0.383 e. The van der Waals surface area contributed by atoms with Crippen molar-refractivity contribution < 1.29 is 14.5 Å². The van der Waals surface area contributed by atoms with E-state index in [0.717, 1.165) is 6.42 Å². The monoisotopic (exact) mass is 330 g/mol. The molecular weight excluding hydrogens is 316 g/mol. The minimum atomic E-state index is -0.534. The van der Waals surface area contributed by atoms with Crippen LogP contribution in [0.4, 0.5) is 5.69 Å². The Morgan fingerprint density at radius 1 is 1.58 bits per heavy atom. The fraction of sp³-hybridized carbons (Fsp3) is 0.417. The Morgan fingerprint density at radius 2 is 2.26 bits per heavy atom. The van der Waals surface area contributed by atoms with Crippen molar-refractivity contribution in [1.82, 2.24) is 5.32 Å².